The predicted octanol–water partition coefficient (Wildman–Crippen LogP) is 2.99. The number of rotatable bonds is 7. The molecule has 0 radical (unpaired) electrons. The lowest BCUT2D eigenvalue weighted by Crippen LogP contribution is -2.32. The summed E-state index contributed by atoms with van der Waals surface area (Å²) in [7, 11) is 0. The van der Waals surface area contributed by atoms with Gasteiger partial charge in [-0.2, -0.15) is 0 Å². The first kappa shape index (κ1) is 10.7. The summed E-state index contributed by atoms with van der Waals surface area (Å²) in [5.41, 5.74) is 1.32. The van der Waals surface area contributed by atoms with Crippen LogP contribution in [0.15, 0.2) is 23.0 Å². The van der Waals surface area contributed by atoms with Crippen LogP contribution in [-0.4, -0.2) is 12.6 Å². The maximum Gasteiger partial charge on any atom is 0.0935 e. The van der Waals surface area contributed by atoms with Gasteiger partial charge in [-0.25, -0.2) is 0 Å². The Balaban J connectivity index is 1.80. The molecule has 0 aromatic carbocycles. The van der Waals surface area contributed by atoms with Crippen LogP contribution in [0.2, 0.25) is 0 Å². The average Bonchev–Trinajstić information content (AvgIpc) is 2.90. The third-order valence-electron chi connectivity index (χ3n) is 3.06. The van der Waals surface area contributed by atoms with E-state index in [-0.39, 0.29) is 0 Å². The topological polar surface area (TPSA) is 25.2 Å². The molecule has 1 atom stereocenters. The van der Waals surface area contributed by atoms with Crippen LogP contribution in [0.5, 0.6) is 0 Å². The van der Waals surface area contributed by atoms with Gasteiger partial charge in [-0.05, 0) is 43.4 Å². The van der Waals surface area contributed by atoms with Crippen LogP contribution in [0.1, 0.15) is 38.2 Å². The van der Waals surface area contributed by atoms with Gasteiger partial charge in [0.2, 0.25) is 0 Å². The summed E-state index contributed by atoms with van der Waals surface area (Å²) in [5, 5.41) is 3.64. The molecular weight excluding hydrogens is 186 g/mol. The fourth-order valence-electron chi connectivity index (χ4n) is 2.04. The largest absolute Gasteiger partial charge is 0.472 e. The van der Waals surface area contributed by atoms with Gasteiger partial charge in [0.05, 0.1) is 12.5 Å². The first-order valence-corrected chi connectivity index (χ1v) is 6.13. The summed E-state index contributed by atoms with van der Waals surface area (Å²) in [6.07, 6.45) is 10.2. The highest BCUT2D eigenvalue weighted by Gasteiger charge is 2.25. The van der Waals surface area contributed by atoms with Crippen molar-refractivity contribution in [3.63, 3.8) is 0 Å². The van der Waals surface area contributed by atoms with Gasteiger partial charge >= 0.3 is 0 Å². The van der Waals surface area contributed by atoms with Crippen molar-refractivity contribution in [2.45, 2.75) is 45.1 Å². The second kappa shape index (κ2) is 5.36. The van der Waals surface area contributed by atoms with Crippen molar-refractivity contribution < 1.29 is 4.42 Å². The SMILES string of the molecule is CCCNC(Cc1ccoc1)CC1CC1. The molecule has 1 N–H and O–H groups in total. The fourth-order valence-corrected chi connectivity index (χ4v) is 2.04. The maximum atomic E-state index is 5.11. The second-order valence-corrected chi connectivity index (χ2v) is 4.67. The standard InChI is InChI=1S/C13H21NO/c1-2-6-14-13(8-11-3-4-11)9-12-5-7-15-10-12/h5,7,10-11,13-14H,2-4,6,8-9H2,1H3. The molecule has 1 fully saturated rings. The molecule has 1 saturated carbocycles. The monoisotopic (exact) mass is 207 g/mol. The molecule has 1 aromatic rings. The second-order valence-electron chi connectivity index (χ2n) is 4.67. The van der Waals surface area contributed by atoms with Gasteiger partial charge in [0, 0.05) is 6.04 Å². The van der Waals surface area contributed by atoms with E-state index in [1.807, 2.05) is 6.26 Å². The van der Waals surface area contributed by atoms with E-state index < -0.39 is 0 Å². The van der Waals surface area contributed by atoms with E-state index in [0.29, 0.717) is 6.04 Å². The van der Waals surface area contributed by atoms with Crippen molar-refractivity contribution in [3.8, 4) is 0 Å². The quantitative estimate of drug-likeness (QED) is 0.743. The summed E-state index contributed by atoms with van der Waals surface area (Å²) < 4.78 is 5.11. The van der Waals surface area contributed by atoms with E-state index in [4.69, 9.17) is 4.42 Å². The highest BCUT2D eigenvalue weighted by molar-refractivity contribution is 5.07. The molecular formula is C13H21NO. The Morgan fingerprint density at radius 2 is 2.40 bits per heavy atom. The number of hydrogen-bond acceptors (Lipinski definition) is 2. The van der Waals surface area contributed by atoms with E-state index >= 15 is 0 Å². The van der Waals surface area contributed by atoms with Gasteiger partial charge < -0.3 is 9.73 Å². The highest BCUT2D eigenvalue weighted by atomic mass is 16.3. The molecule has 0 bridgehead atoms. The lowest BCUT2D eigenvalue weighted by atomic mass is 10.0. The van der Waals surface area contributed by atoms with Gasteiger partial charge in [-0.1, -0.05) is 19.8 Å². The van der Waals surface area contributed by atoms with Crippen LogP contribution >= 0.6 is 0 Å². The van der Waals surface area contributed by atoms with Gasteiger partial charge in [-0.15, -0.1) is 0 Å². The van der Waals surface area contributed by atoms with Crippen LogP contribution in [0.4, 0.5) is 0 Å². The minimum absolute atomic E-state index is 0.648. The molecule has 2 heteroatoms. The zero-order valence-electron chi connectivity index (χ0n) is 9.54. The molecule has 2 nitrogen and oxygen atoms in total. The third kappa shape index (κ3) is 3.71. The fraction of sp³-hybridized carbons (Fsp3) is 0.692. The molecule has 84 valence electrons. The normalized spacial score (nSPS) is 17.9. The number of furan rings is 1. The van der Waals surface area contributed by atoms with E-state index in [2.05, 4.69) is 18.3 Å². The number of hydrogen-bond donors (Lipinski definition) is 1. The summed E-state index contributed by atoms with van der Waals surface area (Å²) in [5.74, 6) is 0.992. The zero-order chi connectivity index (χ0) is 10.5. The van der Waals surface area contributed by atoms with E-state index in [1.165, 1.54) is 31.2 Å². The molecule has 1 unspecified atom stereocenters. The van der Waals surface area contributed by atoms with Gasteiger partial charge in [-0.3, -0.25) is 0 Å². The van der Waals surface area contributed by atoms with Crippen molar-refractivity contribution in [1.82, 2.24) is 5.32 Å². The Kier molecular flexibility index (Phi) is 3.84. The smallest absolute Gasteiger partial charge is 0.0935 e. The summed E-state index contributed by atoms with van der Waals surface area (Å²) in [6.45, 7) is 3.36. The van der Waals surface area contributed by atoms with E-state index in [9.17, 15) is 0 Å². The highest BCUT2D eigenvalue weighted by Crippen LogP contribution is 2.34. The number of nitrogens with one attached hydrogen (secondary N) is 1. The minimum atomic E-state index is 0.648. The molecule has 1 aromatic heterocycles. The zero-order valence-corrected chi connectivity index (χ0v) is 9.54. The van der Waals surface area contributed by atoms with Gasteiger partial charge in [0.25, 0.3) is 0 Å². The van der Waals surface area contributed by atoms with Crippen molar-refractivity contribution in [2.24, 2.45) is 5.92 Å². The van der Waals surface area contributed by atoms with Gasteiger partial charge in [0.1, 0.15) is 0 Å². The summed E-state index contributed by atoms with van der Waals surface area (Å²) >= 11 is 0. The molecule has 1 aliphatic rings. The van der Waals surface area contributed by atoms with Crippen LogP contribution in [0.3, 0.4) is 0 Å². The molecule has 15 heavy (non-hydrogen) atoms. The molecule has 1 aliphatic carbocycles. The predicted molar refractivity (Wildman–Crippen MR) is 61.8 cm³/mol. The first-order chi connectivity index (χ1) is 7.38. The van der Waals surface area contributed by atoms with Crippen molar-refractivity contribution >= 4 is 0 Å². The van der Waals surface area contributed by atoms with Crippen molar-refractivity contribution in [1.29, 1.82) is 0 Å². The molecule has 0 saturated heterocycles. The van der Waals surface area contributed by atoms with Crippen LogP contribution in [0.25, 0.3) is 0 Å². The van der Waals surface area contributed by atoms with Crippen LogP contribution < -0.4 is 5.32 Å². The summed E-state index contributed by atoms with van der Waals surface area (Å²) in [4.78, 5) is 0. The van der Waals surface area contributed by atoms with E-state index in [1.54, 1.807) is 6.26 Å². The molecule has 0 spiro atoms. The maximum absolute atomic E-state index is 5.11. The molecule has 0 aliphatic heterocycles. The van der Waals surface area contributed by atoms with Crippen LogP contribution in [0, 0.1) is 5.92 Å². The Labute approximate surface area is 92.1 Å². The van der Waals surface area contributed by atoms with Crippen molar-refractivity contribution in [3.05, 3.63) is 24.2 Å². The van der Waals surface area contributed by atoms with Crippen LogP contribution in [-0.2, 0) is 6.42 Å². The van der Waals surface area contributed by atoms with Crippen molar-refractivity contribution in [2.75, 3.05) is 6.54 Å². The Bertz CT molecular complexity index is 264. The molecule has 1 heterocycles. The Hall–Kier alpha value is -0.760. The first-order valence-electron chi connectivity index (χ1n) is 6.13. The third-order valence-corrected chi connectivity index (χ3v) is 3.06. The molecule has 2 rings (SSSR count). The van der Waals surface area contributed by atoms with Gasteiger partial charge in [0.15, 0.2) is 0 Å². The Morgan fingerprint density at radius 1 is 1.53 bits per heavy atom. The molecule has 0 amide bonds. The minimum Gasteiger partial charge on any atom is -0.472 e. The lowest BCUT2D eigenvalue weighted by molar-refractivity contribution is 0.452. The van der Waals surface area contributed by atoms with E-state index in [0.717, 1.165) is 18.9 Å². The summed E-state index contributed by atoms with van der Waals surface area (Å²) in [6, 6.07) is 2.73. The lowest BCUT2D eigenvalue weighted by Gasteiger charge is -2.17. The Morgan fingerprint density at radius 3 is 3.00 bits per heavy atom. The average molecular weight is 207 g/mol.